The van der Waals surface area contributed by atoms with Crippen LogP contribution in [0, 0.1) is 0 Å². The highest BCUT2D eigenvalue weighted by Gasteiger charge is 2.39. The fourth-order valence-corrected chi connectivity index (χ4v) is 4.73. The van der Waals surface area contributed by atoms with Gasteiger partial charge in [0.2, 0.25) is 0 Å². The van der Waals surface area contributed by atoms with Crippen LogP contribution in [0.2, 0.25) is 10.0 Å². The van der Waals surface area contributed by atoms with Gasteiger partial charge in [-0.25, -0.2) is 14.4 Å². The van der Waals surface area contributed by atoms with Crippen molar-refractivity contribution in [2.24, 2.45) is 0 Å². The van der Waals surface area contributed by atoms with E-state index in [1.807, 2.05) is 13.8 Å². The van der Waals surface area contributed by atoms with E-state index in [1.54, 1.807) is 37.1 Å². The predicted molar refractivity (Wildman–Crippen MR) is 131 cm³/mol. The van der Waals surface area contributed by atoms with E-state index in [2.05, 4.69) is 15.5 Å². The zero-order valence-corrected chi connectivity index (χ0v) is 21.4. The van der Waals surface area contributed by atoms with Crippen LogP contribution in [0.4, 0.5) is 9.59 Å². The lowest BCUT2D eigenvalue weighted by atomic mass is 9.94. The number of benzene rings is 1. The Balaban J connectivity index is 1.97. The fourth-order valence-electron chi connectivity index (χ4n) is 4.32. The number of nitrogens with zero attached hydrogens (tertiary/aromatic N) is 3. The second-order valence-electron chi connectivity index (χ2n) is 8.28. The van der Waals surface area contributed by atoms with Crippen LogP contribution in [-0.2, 0) is 9.53 Å². The Hall–Kier alpha value is -2.49. The summed E-state index contributed by atoms with van der Waals surface area (Å²) in [6, 6.07) is 3.80. The minimum atomic E-state index is -0.807. The van der Waals surface area contributed by atoms with Gasteiger partial charge in [-0.2, -0.15) is 0 Å². The Bertz CT molecular complexity index is 986. The van der Waals surface area contributed by atoms with E-state index in [9.17, 15) is 14.4 Å². The van der Waals surface area contributed by atoms with Crippen molar-refractivity contribution >= 4 is 41.2 Å². The van der Waals surface area contributed by atoms with Gasteiger partial charge in [0.25, 0.3) is 0 Å². The number of halogens is 2. The lowest BCUT2D eigenvalue weighted by Gasteiger charge is -2.42. The molecule has 0 saturated carbocycles. The Morgan fingerprint density at radius 3 is 2.62 bits per heavy atom. The van der Waals surface area contributed by atoms with Gasteiger partial charge in [0, 0.05) is 51.5 Å². The molecule has 3 rings (SSSR count). The molecule has 186 valence electrons. The van der Waals surface area contributed by atoms with Gasteiger partial charge in [0.1, 0.15) is 0 Å². The summed E-state index contributed by atoms with van der Waals surface area (Å²) >= 11 is 12.7. The minimum Gasteiger partial charge on any atom is -0.463 e. The number of hydrogen-bond acceptors (Lipinski definition) is 5. The number of hydrogen-bond donors (Lipinski definition) is 2. The quantitative estimate of drug-likeness (QED) is 0.571. The molecule has 1 saturated heterocycles. The molecule has 0 spiro atoms. The average Bonchev–Trinajstić information content (AvgIpc) is 2.79. The lowest BCUT2D eigenvalue weighted by molar-refractivity contribution is -0.139. The number of rotatable bonds is 6. The van der Waals surface area contributed by atoms with Crippen LogP contribution in [0.1, 0.15) is 32.4 Å². The van der Waals surface area contributed by atoms with Crippen LogP contribution in [0.15, 0.2) is 29.5 Å². The number of likely N-dealkylation sites (N-methyl/N-ethyl adjacent to an activating group) is 1. The first kappa shape index (κ1) is 26.1. The highest BCUT2D eigenvalue weighted by molar-refractivity contribution is 6.42. The maximum Gasteiger partial charge on any atom is 0.338 e. The normalized spacial score (nSPS) is 21.4. The number of carbonyl (C=O) groups excluding carboxylic acids is 3. The van der Waals surface area contributed by atoms with Crippen molar-refractivity contribution < 1.29 is 19.1 Å². The molecular weight excluding hydrogens is 481 g/mol. The van der Waals surface area contributed by atoms with Crippen molar-refractivity contribution in [3.05, 3.63) is 45.1 Å². The molecule has 34 heavy (non-hydrogen) atoms. The first-order valence-corrected chi connectivity index (χ1v) is 12.1. The third-order valence-corrected chi connectivity index (χ3v) is 6.87. The summed E-state index contributed by atoms with van der Waals surface area (Å²) in [6.45, 7) is 8.40. The van der Waals surface area contributed by atoms with Gasteiger partial charge in [-0.05, 0) is 32.4 Å². The van der Waals surface area contributed by atoms with E-state index in [0.717, 1.165) is 0 Å². The summed E-state index contributed by atoms with van der Waals surface area (Å²) in [5.74, 6) is -0.528. The number of amides is 4. The number of ether oxygens (including phenoxy) is 1. The maximum atomic E-state index is 13.1. The highest BCUT2D eigenvalue weighted by Crippen LogP contribution is 2.37. The molecule has 1 aromatic rings. The van der Waals surface area contributed by atoms with Gasteiger partial charge in [-0.3, -0.25) is 9.80 Å². The smallest absolute Gasteiger partial charge is 0.338 e. The Morgan fingerprint density at radius 1 is 1.24 bits per heavy atom. The summed E-state index contributed by atoms with van der Waals surface area (Å²) in [7, 11) is 1.62. The molecular formula is C23H31Cl2N5O4. The van der Waals surface area contributed by atoms with Gasteiger partial charge >= 0.3 is 18.0 Å². The molecule has 2 aliphatic heterocycles. The summed E-state index contributed by atoms with van der Waals surface area (Å²) < 4.78 is 5.37. The van der Waals surface area contributed by atoms with Crippen LogP contribution < -0.4 is 10.6 Å². The molecule has 9 nitrogen and oxygen atoms in total. The molecule has 2 N–H and O–H groups in total. The van der Waals surface area contributed by atoms with E-state index < -0.39 is 12.0 Å². The van der Waals surface area contributed by atoms with Crippen LogP contribution in [0.3, 0.4) is 0 Å². The van der Waals surface area contributed by atoms with Crippen molar-refractivity contribution in [3.63, 3.8) is 0 Å². The van der Waals surface area contributed by atoms with Gasteiger partial charge in [0.05, 0.1) is 28.3 Å². The largest absolute Gasteiger partial charge is 0.463 e. The van der Waals surface area contributed by atoms with E-state index in [1.165, 1.54) is 4.90 Å². The monoisotopic (exact) mass is 511 g/mol. The summed E-state index contributed by atoms with van der Waals surface area (Å²) in [5.41, 5.74) is 1.36. The number of urea groups is 2. The molecule has 2 aliphatic rings. The molecule has 1 fully saturated rings. The van der Waals surface area contributed by atoms with Gasteiger partial charge in [-0.15, -0.1) is 0 Å². The lowest BCUT2D eigenvalue weighted by Crippen LogP contribution is -2.57. The molecule has 2 atom stereocenters. The van der Waals surface area contributed by atoms with Crippen LogP contribution in [-0.4, -0.2) is 85.2 Å². The third kappa shape index (κ3) is 5.42. The van der Waals surface area contributed by atoms with Crippen LogP contribution in [0.25, 0.3) is 0 Å². The van der Waals surface area contributed by atoms with E-state index in [-0.39, 0.29) is 29.7 Å². The molecule has 11 heteroatoms. The SMILES string of the molecule is CCNC(=O)N1CCN(CC2=C(C(=O)OCC)C(c3cccc(Cl)c3Cl)NC(=O)N2C)CC1C. The Morgan fingerprint density at radius 2 is 1.97 bits per heavy atom. The van der Waals surface area contributed by atoms with E-state index >= 15 is 0 Å². The van der Waals surface area contributed by atoms with Gasteiger partial charge in [-0.1, -0.05) is 35.3 Å². The molecule has 2 heterocycles. The topological polar surface area (TPSA) is 94.2 Å². The molecule has 0 aromatic heterocycles. The fraction of sp³-hybridized carbons (Fsp3) is 0.522. The van der Waals surface area contributed by atoms with Gasteiger partial charge in [0.15, 0.2) is 0 Å². The van der Waals surface area contributed by atoms with Crippen molar-refractivity contribution in [3.8, 4) is 0 Å². The second-order valence-corrected chi connectivity index (χ2v) is 9.06. The summed E-state index contributed by atoms with van der Waals surface area (Å²) in [5, 5.41) is 6.29. The minimum absolute atomic E-state index is 0.0344. The summed E-state index contributed by atoms with van der Waals surface area (Å²) in [6.07, 6.45) is 0. The molecule has 4 amide bonds. The molecule has 2 unspecified atom stereocenters. The standard InChI is InChI=1S/C23H31Cl2N5O4/c1-5-26-22(32)30-11-10-29(12-14(30)3)13-17-18(21(31)34-6-2)20(27-23(33)28(17)4)15-8-7-9-16(24)19(15)25/h7-9,14,20H,5-6,10-13H2,1-4H3,(H,26,32)(H,27,33). The van der Waals surface area contributed by atoms with Crippen LogP contribution in [0.5, 0.6) is 0 Å². The average molecular weight is 512 g/mol. The number of nitrogens with one attached hydrogen (secondary N) is 2. The Labute approximate surface area is 210 Å². The number of carbonyl (C=O) groups is 3. The number of piperazine rings is 1. The maximum absolute atomic E-state index is 13.1. The third-order valence-electron chi connectivity index (χ3n) is 6.04. The first-order chi connectivity index (χ1) is 16.2. The predicted octanol–water partition coefficient (Wildman–Crippen LogP) is 3.24. The molecule has 1 aromatic carbocycles. The van der Waals surface area contributed by atoms with Crippen LogP contribution >= 0.6 is 23.2 Å². The van der Waals surface area contributed by atoms with Crippen molar-refractivity contribution in [2.45, 2.75) is 32.9 Å². The second kappa shape index (κ2) is 11.3. The van der Waals surface area contributed by atoms with Crippen molar-refractivity contribution in [2.75, 3.05) is 46.4 Å². The zero-order valence-electron chi connectivity index (χ0n) is 19.9. The molecule has 0 radical (unpaired) electrons. The highest BCUT2D eigenvalue weighted by atomic mass is 35.5. The Kier molecular flexibility index (Phi) is 8.67. The van der Waals surface area contributed by atoms with Crippen molar-refractivity contribution in [1.82, 2.24) is 25.3 Å². The van der Waals surface area contributed by atoms with Gasteiger partial charge < -0.3 is 20.3 Å². The van der Waals surface area contributed by atoms with E-state index in [4.69, 9.17) is 27.9 Å². The summed E-state index contributed by atoms with van der Waals surface area (Å²) in [4.78, 5) is 43.7. The van der Waals surface area contributed by atoms with Crippen molar-refractivity contribution in [1.29, 1.82) is 0 Å². The zero-order chi connectivity index (χ0) is 25.0. The molecule has 0 aliphatic carbocycles. The first-order valence-electron chi connectivity index (χ1n) is 11.3. The number of esters is 1. The molecule has 0 bridgehead atoms. The van der Waals surface area contributed by atoms with E-state index in [0.29, 0.717) is 54.6 Å².